The van der Waals surface area contributed by atoms with Crippen molar-refractivity contribution >= 4 is 27.9 Å². The SMILES string of the molecule is CC(C)(C)OC(=O)N1CCN=C1c1cccc(Br)c1. The lowest BCUT2D eigenvalue weighted by molar-refractivity contribution is 0.0385. The summed E-state index contributed by atoms with van der Waals surface area (Å²) in [4.78, 5) is 18.1. The highest BCUT2D eigenvalue weighted by molar-refractivity contribution is 9.10. The summed E-state index contributed by atoms with van der Waals surface area (Å²) in [5, 5.41) is 0. The Bertz CT molecular complexity index is 520. The van der Waals surface area contributed by atoms with Gasteiger partial charge in [-0.2, -0.15) is 0 Å². The first-order chi connectivity index (χ1) is 8.87. The van der Waals surface area contributed by atoms with Crippen molar-refractivity contribution < 1.29 is 9.53 Å². The van der Waals surface area contributed by atoms with Gasteiger partial charge in [0.1, 0.15) is 11.4 Å². The van der Waals surface area contributed by atoms with Crippen molar-refractivity contribution in [3.63, 3.8) is 0 Å². The summed E-state index contributed by atoms with van der Waals surface area (Å²) in [5.41, 5.74) is 0.417. The maximum atomic E-state index is 12.1. The second kappa shape index (κ2) is 5.33. The van der Waals surface area contributed by atoms with Gasteiger partial charge < -0.3 is 4.74 Å². The molecule has 4 nitrogen and oxygen atoms in total. The zero-order valence-electron chi connectivity index (χ0n) is 11.3. The summed E-state index contributed by atoms with van der Waals surface area (Å²) in [5.74, 6) is 0.676. The van der Waals surface area contributed by atoms with Crippen molar-refractivity contribution in [3.8, 4) is 0 Å². The van der Waals surface area contributed by atoms with E-state index in [9.17, 15) is 4.79 Å². The Labute approximate surface area is 121 Å². The van der Waals surface area contributed by atoms with Crippen LogP contribution < -0.4 is 0 Å². The van der Waals surface area contributed by atoms with Crippen LogP contribution in [0.2, 0.25) is 0 Å². The molecule has 1 aromatic rings. The average Bonchev–Trinajstić information content (AvgIpc) is 2.75. The van der Waals surface area contributed by atoms with Crippen molar-refractivity contribution in [2.24, 2.45) is 4.99 Å². The Balaban J connectivity index is 2.20. The molecule has 1 heterocycles. The summed E-state index contributed by atoms with van der Waals surface area (Å²) < 4.78 is 6.36. The Morgan fingerprint density at radius 3 is 2.79 bits per heavy atom. The van der Waals surface area contributed by atoms with Gasteiger partial charge in [-0.1, -0.05) is 28.1 Å². The number of halogens is 1. The molecule has 0 fully saturated rings. The lowest BCUT2D eigenvalue weighted by atomic mass is 10.2. The number of aliphatic imine (C=N–C) groups is 1. The zero-order valence-corrected chi connectivity index (χ0v) is 12.9. The molecular formula is C14H17BrN2O2. The molecule has 0 spiro atoms. The lowest BCUT2D eigenvalue weighted by Gasteiger charge is -2.25. The smallest absolute Gasteiger partial charge is 0.416 e. The van der Waals surface area contributed by atoms with Crippen LogP contribution >= 0.6 is 15.9 Å². The minimum Gasteiger partial charge on any atom is -0.443 e. The fourth-order valence-electron chi connectivity index (χ4n) is 1.82. The van der Waals surface area contributed by atoms with Gasteiger partial charge >= 0.3 is 6.09 Å². The standard InChI is InChI=1S/C14H17BrN2O2/c1-14(2,3)19-13(18)17-8-7-16-12(17)10-5-4-6-11(15)9-10/h4-6,9H,7-8H2,1-3H3. The first-order valence-electron chi connectivity index (χ1n) is 6.18. The third kappa shape index (κ3) is 3.56. The minimum atomic E-state index is -0.498. The molecule has 0 aliphatic carbocycles. The minimum absolute atomic E-state index is 0.344. The first kappa shape index (κ1) is 14.1. The maximum absolute atomic E-state index is 12.1. The number of carbonyl (C=O) groups excluding carboxylic acids is 1. The number of carbonyl (C=O) groups is 1. The van der Waals surface area contributed by atoms with Crippen LogP contribution in [-0.4, -0.2) is 35.5 Å². The van der Waals surface area contributed by atoms with E-state index in [4.69, 9.17) is 4.74 Å². The van der Waals surface area contributed by atoms with E-state index in [1.165, 1.54) is 0 Å². The molecule has 5 heteroatoms. The van der Waals surface area contributed by atoms with Gasteiger partial charge in [-0.3, -0.25) is 9.89 Å². The molecule has 1 aliphatic heterocycles. The predicted molar refractivity (Wildman–Crippen MR) is 78.5 cm³/mol. The Hall–Kier alpha value is -1.36. The summed E-state index contributed by atoms with van der Waals surface area (Å²) >= 11 is 3.43. The van der Waals surface area contributed by atoms with Gasteiger partial charge in [-0.15, -0.1) is 0 Å². The molecule has 0 N–H and O–H groups in total. The molecule has 1 amide bonds. The van der Waals surface area contributed by atoms with E-state index in [1.807, 2.05) is 45.0 Å². The molecule has 0 bridgehead atoms. The molecule has 0 unspecified atom stereocenters. The number of ether oxygens (including phenoxy) is 1. The summed E-state index contributed by atoms with van der Waals surface area (Å²) in [7, 11) is 0. The number of amides is 1. The van der Waals surface area contributed by atoms with Crippen LogP contribution in [0, 0.1) is 0 Å². The van der Waals surface area contributed by atoms with Gasteiger partial charge in [-0.25, -0.2) is 4.79 Å². The highest BCUT2D eigenvalue weighted by Crippen LogP contribution is 2.19. The van der Waals surface area contributed by atoms with E-state index in [2.05, 4.69) is 20.9 Å². The predicted octanol–water partition coefficient (Wildman–Crippen LogP) is 3.45. The molecule has 1 aromatic carbocycles. The molecule has 0 saturated carbocycles. The molecule has 0 saturated heterocycles. The highest BCUT2D eigenvalue weighted by Gasteiger charge is 2.29. The van der Waals surface area contributed by atoms with Crippen molar-refractivity contribution in [1.29, 1.82) is 0 Å². The molecule has 102 valence electrons. The fraction of sp³-hybridized carbons (Fsp3) is 0.429. The van der Waals surface area contributed by atoms with E-state index in [-0.39, 0.29) is 6.09 Å². The molecule has 0 radical (unpaired) electrons. The van der Waals surface area contributed by atoms with Crippen LogP contribution in [0.25, 0.3) is 0 Å². The molecule has 2 rings (SSSR count). The van der Waals surface area contributed by atoms with Crippen molar-refractivity contribution in [1.82, 2.24) is 4.90 Å². The average molecular weight is 325 g/mol. The van der Waals surface area contributed by atoms with Gasteiger partial charge in [0.25, 0.3) is 0 Å². The third-order valence-corrected chi connectivity index (χ3v) is 3.03. The number of benzene rings is 1. The Kier molecular flexibility index (Phi) is 3.94. The number of rotatable bonds is 1. The molecule has 0 aromatic heterocycles. The summed E-state index contributed by atoms with van der Waals surface area (Å²) in [6.45, 7) is 6.75. The second-order valence-corrected chi connectivity index (χ2v) is 6.26. The Morgan fingerprint density at radius 1 is 1.42 bits per heavy atom. The van der Waals surface area contributed by atoms with Gasteiger partial charge in [-0.05, 0) is 32.9 Å². The highest BCUT2D eigenvalue weighted by atomic mass is 79.9. The van der Waals surface area contributed by atoms with Gasteiger partial charge in [0, 0.05) is 10.0 Å². The third-order valence-electron chi connectivity index (χ3n) is 2.54. The Morgan fingerprint density at radius 2 is 2.16 bits per heavy atom. The lowest BCUT2D eigenvalue weighted by Crippen LogP contribution is -2.39. The van der Waals surface area contributed by atoms with E-state index in [1.54, 1.807) is 4.90 Å². The van der Waals surface area contributed by atoms with Crippen molar-refractivity contribution in [3.05, 3.63) is 34.3 Å². The summed E-state index contributed by atoms with van der Waals surface area (Å²) in [6.07, 6.45) is -0.344. The number of nitrogens with zero attached hydrogens (tertiary/aromatic N) is 2. The molecule has 19 heavy (non-hydrogen) atoms. The topological polar surface area (TPSA) is 41.9 Å². The van der Waals surface area contributed by atoms with E-state index < -0.39 is 5.60 Å². The van der Waals surface area contributed by atoms with Gasteiger partial charge in [0.2, 0.25) is 0 Å². The van der Waals surface area contributed by atoms with E-state index in [0.29, 0.717) is 18.9 Å². The number of hydrogen-bond acceptors (Lipinski definition) is 3. The summed E-state index contributed by atoms with van der Waals surface area (Å²) in [6, 6.07) is 7.75. The quantitative estimate of drug-likeness (QED) is 0.794. The van der Waals surface area contributed by atoms with Crippen LogP contribution in [0.4, 0.5) is 4.79 Å². The second-order valence-electron chi connectivity index (χ2n) is 5.35. The maximum Gasteiger partial charge on any atom is 0.416 e. The van der Waals surface area contributed by atoms with Gasteiger partial charge in [0.05, 0.1) is 13.1 Å². The van der Waals surface area contributed by atoms with Crippen LogP contribution in [0.15, 0.2) is 33.7 Å². The van der Waals surface area contributed by atoms with Crippen molar-refractivity contribution in [2.75, 3.05) is 13.1 Å². The van der Waals surface area contributed by atoms with E-state index in [0.717, 1.165) is 10.0 Å². The fourth-order valence-corrected chi connectivity index (χ4v) is 2.22. The van der Waals surface area contributed by atoms with Crippen LogP contribution in [0.1, 0.15) is 26.3 Å². The molecule has 1 aliphatic rings. The number of hydrogen-bond donors (Lipinski definition) is 0. The van der Waals surface area contributed by atoms with E-state index >= 15 is 0 Å². The van der Waals surface area contributed by atoms with Gasteiger partial charge in [0.15, 0.2) is 0 Å². The first-order valence-corrected chi connectivity index (χ1v) is 6.97. The normalized spacial score (nSPS) is 15.4. The molecule has 0 atom stereocenters. The van der Waals surface area contributed by atoms with Crippen LogP contribution in [-0.2, 0) is 4.74 Å². The van der Waals surface area contributed by atoms with Crippen LogP contribution in [0.3, 0.4) is 0 Å². The molecular weight excluding hydrogens is 308 g/mol. The number of amidine groups is 1. The van der Waals surface area contributed by atoms with Crippen LogP contribution in [0.5, 0.6) is 0 Å². The zero-order chi connectivity index (χ0) is 14.0. The van der Waals surface area contributed by atoms with Crippen molar-refractivity contribution in [2.45, 2.75) is 26.4 Å². The monoisotopic (exact) mass is 324 g/mol. The largest absolute Gasteiger partial charge is 0.443 e.